The van der Waals surface area contributed by atoms with Gasteiger partial charge in [0.2, 0.25) is 0 Å². The van der Waals surface area contributed by atoms with Gasteiger partial charge in [0, 0.05) is 41.3 Å². The van der Waals surface area contributed by atoms with Crippen LogP contribution in [0.1, 0.15) is 16.3 Å². The highest BCUT2D eigenvalue weighted by molar-refractivity contribution is 7.09. The molecule has 0 atom stereocenters. The molecule has 3 heterocycles. The molecule has 3 aromatic rings. The van der Waals surface area contributed by atoms with Gasteiger partial charge in [0.15, 0.2) is 0 Å². The monoisotopic (exact) mass is 277 g/mol. The molecule has 3 aromatic heterocycles. The maximum atomic E-state index is 4.32. The zero-order chi connectivity index (χ0) is 13.8. The van der Waals surface area contributed by atoms with Gasteiger partial charge in [-0.2, -0.15) is 0 Å². The lowest BCUT2D eigenvalue weighted by Gasteiger charge is -2.00. The van der Waals surface area contributed by atoms with Crippen LogP contribution < -0.4 is 0 Å². The van der Waals surface area contributed by atoms with Gasteiger partial charge in [-0.1, -0.05) is 5.92 Å². The lowest BCUT2D eigenvalue weighted by Crippen LogP contribution is -1.84. The minimum Gasteiger partial charge on any atom is -0.265 e. The zero-order valence-electron chi connectivity index (χ0n) is 10.9. The van der Waals surface area contributed by atoms with Gasteiger partial charge in [0.1, 0.15) is 5.69 Å². The molecule has 0 aromatic carbocycles. The van der Waals surface area contributed by atoms with E-state index in [0.29, 0.717) is 0 Å². The third-order valence-corrected chi connectivity index (χ3v) is 3.48. The molecule has 0 aliphatic carbocycles. The van der Waals surface area contributed by atoms with E-state index in [0.717, 1.165) is 27.4 Å². The van der Waals surface area contributed by atoms with Crippen LogP contribution in [0.4, 0.5) is 0 Å². The van der Waals surface area contributed by atoms with Gasteiger partial charge in [-0.15, -0.1) is 11.3 Å². The average Bonchev–Trinajstić information content (AvgIpc) is 2.92. The first kappa shape index (κ1) is 12.5. The molecular formula is C16H11N3S. The summed E-state index contributed by atoms with van der Waals surface area (Å²) >= 11 is 1.60. The molecule has 3 rings (SSSR count). The van der Waals surface area contributed by atoms with E-state index >= 15 is 0 Å². The zero-order valence-corrected chi connectivity index (χ0v) is 11.7. The van der Waals surface area contributed by atoms with Gasteiger partial charge >= 0.3 is 0 Å². The number of aromatic nitrogens is 3. The Hall–Kier alpha value is -2.51. The molecule has 0 aliphatic rings. The Morgan fingerprint density at radius 1 is 1.00 bits per heavy atom. The lowest BCUT2D eigenvalue weighted by atomic mass is 10.1. The van der Waals surface area contributed by atoms with Crippen LogP contribution in [0, 0.1) is 18.8 Å². The van der Waals surface area contributed by atoms with Gasteiger partial charge in [0.25, 0.3) is 0 Å². The molecule has 96 valence electrons. The molecule has 0 bridgehead atoms. The summed E-state index contributed by atoms with van der Waals surface area (Å²) in [6.45, 7) is 1.97. The molecule has 0 amide bonds. The number of hydrogen-bond acceptors (Lipinski definition) is 4. The molecule has 0 saturated heterocycles. The molecular weight excluding hydrogens is 266 g/mol. The molecule has 0 fully saturated rings. The molecule has 0 N–H and O–H groups in total. The minimum absolute atomic E-state index is 0.807. The van der Waals surface area contributed by atoms with Crippen molar-refractivity contribution in [1.82, 2.24) is 15.0 Å². The van der Waals surface area contributed by atoms with Gasteiger partial charge in [0.05, 0.1) is 5.01 Å². The number of thiazole rings is 1. The summed E-state index contributed by atoms with van der Waals surface area (Å²) in [5.74, 6) is 6.16. The van der Waals surface area contributed by atoms with E-state index in [1.807, 2.05) is 36.7 Å². The highest BCUT2D eigenvalue weighted by Crippen LogP contribution is 2.17. The Kier molecular flexibility index (Phi) is 3.53. The Labute approximate surface area is 121 Å². The van der Waals surface area contributed by atoms with E-state index in [4.69, 9.17) is 0 Å². The lowest BCUT2D eigenvalue weighted by molar-refractivity contribution is 1.27. The van der Waals surface area contributed by atoms with Crippen LogP contribution in [0.2, 0.25) is 0 Å². The Morgan fingerprint density at radius 2 is 1.85 bits per heavy atom. The predicted molar refractivity (Wildman–Crippen MR) is 80.3 cm³/mol. The van der Waals surface area contributed by atoms with Crippen LogP contribution in [0.5, 0.6) is 0 Å². The number of hydrogen-bond donors (Lipinski definition) is 0. The number of nitrogens with zero attached hydrogens (tertiary/aromatic N) is 3. The average molecular weight is 277 g/mol. The summed E-state index contributed by atoms with van der Waals surface area (Å²) in [4.78, 5) is 12.6. The smallest absolute Gasteiger partial charge is 0.124 e. The molecule has 0 saturated carbocycles. The third-order valence-electron chi connectivity index (χ3n) is 2.71. The fourth-order valence-electron chi connectivity index (χ4n) is 1.77. The minimum atomic E-state index is 0.807. The largest absolute Gasteiger partial charge is 0.265 e. The van der Waals surface area contributed by atoms with Crippen molar-refractivity contribution in [2.75, 3.05) is 0 Å². The van der Waals surface area contributed by atoms with Gasteiger partial charge in [-0.3, -0.25) is 9.97 Å². The van der Waals surface area contributed by atoms with Crippen molar-refractivity contribution in [1.29, 1.82) is 0 Å². The molecule has 4 heteroatoms. The summed E-state index contributed by atoms with van der Waals surface area (Å²) in [5.41, 5.74) is 3.81. The van der Waals surface area contributed by atoms with Crippen molar-refractivity contribution >= 4 is 11.3 Å². The first-order valence-electron chi connectivity index (χ1n) is 6.11. The van der Waals surface area contributed by atoms with E-state index < -0.39 is 0 Å². The van der Waals surface area contributed by atoms with Crippen LogP contribution in [0.15, 0.2) is 48.4 Å². The summed E-state index contributed by atoms with van der Waals surface area (Å²) in [7, 11) is 0. The van der Waals surface area contributed by atoms with Crippen LogP contribution in [0.25, 0.3) is 11.1 Å². The topological polar surface area (TPSA) is 38.7 Å². The van der Waals surface area contributed by atoms with Crippen molar-refractivity contribution in [3.8, 4) is 23.0 Å². The summed E-state index contributed by atoms with van der Waals surface area (Å²) in [6.07, 6.45) is 7.13. The van der Waals surface area contributed by atoms with Gasteiger partial charge < -0.3 is 0 Å². The number of pyridine rings is 2. The fourth-order valence-corrected chi connectivity index (χ4v) is 2.31. The highest BCUT2D eigenvalue weighted by atomic mass is 32.1. The van der Waals surface area contributed by atoms with Crippen molar-refractivity contribution in [3.05, 3.63) is 64.6 Å². The Bertz CT molecular complexity index is 782. The molecule has 3 nitrogen and oxygen atoms in total. The predicted octanol–water partition coefficient (Wildman–Crippen LogP) is 3.31. The van der Waals surface area contributed by atoms with Crippen LogP contribution in [0.3, 0.4) is 0 Å². The first-order valence-corrected chi connectivity index (χ1v) is 6.99. The Morgan fingerprint density at radius 3 is 2.60 bits per heavy atom. The summed E-state index contributed by atoms with van der Waals surface area (Å²) < 4.78 is 0. The van der Waals surface area contributed by atoms with Crippen LogP contribution in [-0.4, -0.2) is 15.0 Å². The van der Waals surface area contributed by atoms with E-state index in [1.54, 1.807) is 29.9 Å². The Balaban J connectivity index is 1.91. The van der Waals surface area contributed by atoms with Crippen LogP contribution >= 0.6 is 11.3 Å². The SMILES string of the molecule is Cc1nc(C#Cc2cncc(-c3ccncc3)c2)cs1. The number of aryl methyl sites for hydroxylation is 1. The van der Waals surface area contributed by atoms with Crippen molar-refractivity contribution in [3.63, 3.8) is 0 Å². The van der Waals surface area contributed by atoms with Crippen molar-refractivity contribution in [2.24, 2.45) is 0 Å². The quantitative estimate of drug-likeness (QED) is 0.641. The second-order valence-corrected chi connectivity index (χ2v) is 5.26. The molecule has 0 aliphatic heterocycles. The van der Waals surface area contributed by atoms with Crippen molar-refractivity contribution < 1.29 is 0 Å². The highest BCUT2D eigenvalue weighted by Gasteiger charge is 1.98. The molecule has 0 unspecified atom stereocenters. The molecule has 0 radical (unpaired) electrons. The second kappa shape index (κ2) is 5.64. The molecule has 20 heavy (non-hydrogen) atoms. The van der Waals surface area contributed by atoms with Crippen molar-refractivity contribution in [2.45, 2.75) is 6.92 Å². The standard InChI is InChI=1S/C16H11N3S/c1-12-19-16(11-20-12)3-2-13-8-15(10-18-9-13)14-4-6-17-7-5-14/h4-11H,1H3. The molecule has 0 spiro atoms. The van der Waals surface area contributed by atoms with E-state index in [2.05, 4.69) is 26.8 Å². The maximum Gasteiger partial charge on any atom is 0.124 e. The number of rotatable bonds is 1. The third kappa shape index (κ3) is 2.90. The normalized spacial score (nSPS) is 9.85. The summed E-state index contributed by atoms with van der Waals surface area (Å²) in [5, 5.41) is 2.99. The first-order chi connectivity index (χ1) is 9.81. The second-order valence-electron chi connectivity index (χ2n) is 4.20. The maximum absolute atomic E-state index is 4.32. The van der Waals surface area contributed by atoms with Gasteiger partial charge in [-0.05, 0) is 36.6 Å². The fraction of sp³-hybridized carbons (Fsp3) is 0.0625. The van der Waals surface area contributed by atoms with Crippen LogP contribution in [-0.2, 0) is 0 Å². The van der Waals surface area contributed by atoms with E-state index in [9.17, 15) is 0 Å². The van der Waals surface area contributed by atoms with E-state index in [1.165, 1.54) is 0 Å². The van der Waals surface area contributed by atoms with E-state index in [-0.39, 0.29) is 0 Å². The summed E-state index contributed by atoms with van der Waals surface area (Å²) in [6, 6.07) is 5.94. The van der Waals surface area contributed by atoms with Gasteiger partial charge in [-0.25, -0.2) is 4.98 Å².